The molecule has 0 saturated heterocycles. The van der Waals surface area contributed by atoms with Crippen molar-refractivity contribution >= 4 is 21.7 Å². The Morgan fingerprint density at radius 1 is 1.56 bits per heavy atom. The summed E-state index contributed by atoms with van der Waals surface area (Å²) >= 11 is 3.11. The number of hydrogen-bond donors (Lipinski definition) is 1. The van der Waals surface area contributed by atoms with Crippen LogP contribution in [0, 0.1) is 6.92 Å². The van der Waals surface area contributed by atoms with Gasteiger partial charge < -0.3 is 5.73 Å². The molecule has 0 amide bonds. The van der Waals surface area contributed by atoms with E-state index in [-0.39, 0.29) is 0 Å². The van der Waals surface area contributed by atoms with Crippen molar-refractivity contribution in [2.75, 3.05) is 5.73 Å². The van der Waals surface area contributed by atoms with Gasteiger partial charge in [0.25, 0.3) is 0 Å². The molecule has 48 valence electrons. The molecule has 0 atom stereocenters. The maximum absolute atomic E-state index is 5.38. The van der Waals surface area contributed by atoms with Gasteiger partial charge in [-0.3, -0.25) is 0 Å². The molecule has 0 saturated carbocycles. The number of hydrogen-bond acceptors (Lipinski definition) is 3. The Kier molecular flexibility index (Phi) is 1.66. The lowest BCUT2D eigenvalue weighted by molar-refractivity contribution is 1.06. The number of aromatic nitrogens is 2. The van der Waals surface area contributed by atoms with Crippen molar-refractivity contribution in [1.82, 2.24) is 9.97 Å². The maximum atomic E-state index is 5.38. The van der Waals surface area contributed by atoms with Crippen LogP contribution in [-0.2, 0) is 0 Å². The molecule has 0 aliphatic carbocycles. The maximum Gasteiger partial charge on any atom is 0.198 e. The SMILES string of the molecule is Cc1cc(N)nc(Br)n1. The van der Waals surface area contributed by atoms with Crippen LogP contribution in [0.4, 0.5) is 5.82 Å². The van der Waals surface area contributed by atoms with Crippen molar-refractivity contribution < 1.29 is 0 Å². The highest BCUT2D eigenvalue weighted by Gasteiger charge is 1.92. The smallest absolute Gasteiger partial charge is 0.198 e. The monoisotopic (exact) mass is 187 g/mol. The molecule has 2 N–H and O–H groups in total. The summed E-state index contributed by atoms with van der Waals surface area (Å²) < 4.78 is 0.542. The molecule has 0 aliphatic rings. The summed E-state index contributed by atoms with van der Waals surface area (Å²) in [5, 5.41) is 0. The molecule has 1 aromatic rings. The second kappa shape index (κ2) is 2.31. The largest absolute Gasteiger partial charge is 0.384 e. The lowest BCUT2D eigenvalue weighted by atomic mass is 10.4. The molecular weight excluding hydrogens is 182 g/mol. The third-order valence-electron chi connectivity index (χ3n) is 0.847. The Balaban J connectivity index is 3.17. The zero-order valence-electron chi connectivity index (χ0n) is 4.93. The summed E-state index contributed by atoms with van der Waals surface area (Å²) in [4.78, 5) is 7.78. The van der Waals surface area contributed by atoms with Crippen LogP contribution >= 0.6 is 15.9 Å². The van der Waals surface area contributed by atoms with E-state index in [1.807, 2.05) is 6.92 Å². The first-order valence-corrected chi connectivity index (χ1v) is 3.24. The van der Waals surface area contributed by atoms with Crippen molar-refractivity contribution in [2.45, 2.75) is 6.92 Å². The molecule has 9 heavy (non-hydrogen) atoms. The molecular formula is C5H6BrN3. The molecule has 0 unspecified atom stereocenters. The Hall–Kier alpha value is -0.640. The average molecular weight is 188 g/mol. The second-order valence-corrected chi connectivity index (χ2v) is 2.41. The van der Waals surface area contributed by atoms with Gasteiger partial charge in [0.2, 0.25) is 0 Å². The van der Waals surface area contributed by atoms with E-state index in [2.05, 4.69) is 25.9 Å². The highest BCUT2D eigenvalue weighted by Crippen LogP contribution is 2.05. The summed E-state index contributed by atoms with van der Waals surface area (Å²) in [6.07, 6.45) is 0. The lowest BCUT2D eigenvalue weighted by Gasteiger charge is -1.93. The van der Waals surface area contributed by atoms with Crippen molar-refractivity contribution in [1.29, 1.82) is 0 Å². The van der Waals surface area contributed by atoms with E-state index >= 15 is 0 Å². The number of aryl methyl sites for hydroxylation is 1. The minimum Gasteiger partial charge on any atom is -0.384 e. The Bertz CT molecular complexity index is 173. The molecule has 0 aromatic carbocycles. The van der Waals surface area contributed by atoms with Gasteiger partial charge in [-0.1, -0.05) is 0 Å². The molecule has 1 heterocycles. The normalized spacial score (nSPS) is 9.56. The van der Waals surface area contributed by atoms with Crippen LogP contribution in [0.2, 0.25) is 0 Å². The van der Waals surface area contributed by atoms with Crippen LogP contribution in [0.25, 0.3) is 0 Å². The number of nitrogens with two attached hydrogens (primary N) is 1. The van der Waals surface area contributed by atoms with E-state index < -0.39 is 0 Å². The van der Waals surface area contributed by atoms with E-state index in [1.165, 1.54) is 0 Å². The number of nitrogen functional groups attached to an aromatic ring is 1. The standard InChI is InChI=1S/C5H6BrN3/c1-3-2-4(7)9-5(6)8-3/h2H,1H3,(H2,7,8,9). The van der Waals surface area contributed by atoms with Crippen LogP contribution in [0.3, 0.4) is 0 Å². The fraction of sp³-hybridized carbons (Fsp3) is 0.200. The Morgan fingerprint density at radius 3 is 2.67 bits per heavy atom. The van der Waals surface area contributed by atoms with Gasteiger partial charge in [-0.15, -0.1) is 0 Å². The van der Waals surface area contributed by atoms with Gasteiger partial charge in [-0.2, -0.15) is 0 Å². The minimum atomic E-state index is 0.495. The third kappa shape index (κ3) is 1.64. The molecule has 4 heteroatoms. The van der Waals surface area contributed by atoms with Gasteiger partial charge in [0.05, 0.1) is 0 Å². The predicted molar refractivity (Wildman–Crippen MR) is 38.9 cm³/mol. The van der Waals surface area contributed by atoms with Crippen molar-refractivity contribution in [3.63, 3.8) is 0 Å². The first-order valence-electron chi connectivity index (χ1n) is 2.45. The first kappa shape index (κ1) is 6.48. The van der Waals surface area contributed by atoms with Crippen LogP contribution in [-0.4, -0.2) is 9.97 Å². The fourth-order valence-electron chi connectivity index (χ4n) is 0.556. The topological polar surface area (TPSA) is 51.8 Å². The van der Waals surface area contributed by atoms with Crippen LogP contribution < -0.4 is 5.73 Å². The van der Waals surface area contributed by atoms with E-state index in [0.29, 0.717) is 10.6 Å². The lowest BCUT2D eigenvalue weighted by Crippen LogP contribution is -1.93. The summed E-state index contributed by atoms with van der Waals surface area (Å²) in [7, 11) is 0. The van der Waals surface area contributed by atoms with Gasteiger partial charge in [0.1, 0.15) is 5.82 Å². The zero-order chi connectivity index (χ0) is 6.85. The molecule has 0 fully saturated rings. The summed E-state index contributed by atoms with van der Waals surface area (Å²) in [6, 6.07) is 1.71. The number of anilines is 1. The predicted octanol–water partition coefficient (Wildman–Crippen LogP) is 1.13. The number of nitrogens with zero attached hydrogens (tertiary/aromatic N) is 2. The van der Waals surface area contributed by atoms with Gasteiger partial charge in [0, 0.05) is 11.8 Å². The van der Waals surface area contributed by atoms with E-state index in [4.69, 9.17) is 5.73 Å². The zero-order valence-corrected chi connectivity index (χ0v) is 6.51. The molecule has 1 aromatic heterocycles. The van der Waals surface area contributed by atoms with Gasteiger partial charge >= 0.3 is 0 Å². The highest BCUT2D eigenvalue weighted by atomic mass is 79.9. The molecule has 1 rings (SSSR count). The van der Waals surface area contributed by atoms with Gasteiger partial charge in [-0.25, -0.2) is 9.97 Å². The van der Waals surface area contributed by atoms with E-state index in [0.717, 1.165) is 5.69 Å². The van der Waals surface area contributed by atoms with Crippen LogP contribution in [0.1, 0.15) is 5.69 Å². The fourth-order valence-corrected chi connectivity index (χ4v) is 1.04. The minimum absolute atomic E-state index is 0.495. The molecule has 0 bridgehead atoms. The quantitative estimate of drug-likeness (QED) is 0.620. The van der Waals surface area contributed by atoms with Crippen LogP contribution in [0.15, 0.2) is 10.8 Å². The highest BCUT2D eigenvalue weighted by molar-refractivity contribution is 9.10. The summed E-state index contributed by atoms with van der Waals surface area (Å²) in [5.74, 6) is 0.495. The second-order valence-electron chi connectivity index (χ2n) is 1.70. The molecule has 0 radical (unpaired) electrons. The average Bonchev–Trinajstić information content (AvgIpc) is 1.59. The molecule has 0 aliphatic heterocycles. The van der Waals surface area contributed by atoms with E-state index in [1.54, 1.807) is 6.07 Å². The molecule has 0 spiro atoms. The Labute approximate surface area is 61.4 Å². The van der Waals surface area contributed by atoms with Gasteiger partial charge in [0.15, 0.2) is 4.73 Å². The first-order chi connectivity index (χ1) is 4.18. The van der Waals surface area contributed by atoms with Crippen LogP contribution in [0.5, 0.6) is 0 Å². The third-order valence-corrected chi connectivity index (χ3v) is 1.20. The van der Waals surface area contributed by atoms with E-state index in [9.17, 15) is 0 Å². The van der Waals surface area contributed by atoms with Crippen molar-refractivity contribution in [2.24, 2.45) is 0 Å². The van der Waals surface area contributed by atoms with Crippen molar-refractivity contribution in [3.8, 4) is 0 Å². The number of halogens is 1. The Morgan fingerprint density at radius 2 is 2.22 bits per heavy atom. The summed E-state index contributed by atoms with van der Waals surface area (Å²) in [5.41, 5.74) is 6.25. The number of rotatable bonds is 0. The van der Waals surface area contributed by atoms with Gasteiger partial charge in [-0.05, 0) is 22.9 Å². The summed E-state index contributed by atoms with van der Waals surface area (Å²) in [6.45, 7) is 1.86. The van der Waals surface area contributed by atoms with Crippen molar-refractivity contribution in [3.05, 3.63) is 16.5 Å². The molecule has 3 nitrogen and oxygen atoms in total.